The van der Waals surface area contributed by atoms with E-state index in [1.54, 1.807) is 0 Å². The second kappa shape index (κ2) is 7.68. The van der Waals surface area contributed by atoms with Crippen molar-refractivity contribution >= 4 is 17.9 Å². The van der Waals surface area contributed by atoms with Crippen LogP contribution in [0.25, 0.3) is 0 Å². The number of amides is 3. The number of aliphatic carboxylic acids is 1. The quantitative estimate of drug-likeness (QED) is 0.494. The molecule has 2 atom stereocenters. The van der Waals surface area contributed by atoms with Crippen LogP contribution in [0.3, 0.4) is 0 Å². The second-order valence-electron chi connectivity index (χ2n) is 4.98. The third-order valence-electron chi connectivity index (χ3n) is 3.25. The van der Waals surface area contributed by atoms with Gasteiger partial charge in [-0.3, -0.25) is 9.59 Å². The average Bonchev–Trinajstić information content (AvgIpc) is 2.53. The van der Waals surface area contributed by atoms with Crippen LogP contribution in [-0.4, -0.2) is 58.3 Å². The molecule has 1 saturated carbocycles. The van der Waals surface area contributed by atoms with Crippen LogP contribution >= 0.6 is 0 Å². The summed E-state index contributed by atoms with van der Waals surface area (Å²) in [6.07, 6.45) is 3.35. The molecule has 8 nitrogen and oxygen atoms in total. The van der Waals surface area contributed by atoms with Gasteiger partial charge in [0.1, 0.15) is 13.1 Å². The Morgan fingerprint density at radius 3 is 2.40 bits per heavy atom. The van der Waals surface area contributed by atoms with Gasteiger partial charge in [-0.15, -0.1) is 0 Å². The second-order valence-corrected chi connectivity index (χ2v) is 4.98. The van der Waals surface area contributed by atoms with Crippen molar-refractivity contribution in [3.05, 3.63) is 0 Å². The van der Waals surface area contributed by atoms with Crippen LogP contribution in [-0.2, 0) is 9.59 Å². The number of nitrogens with zero attached hydrogens (tertiary/aromatic N) is 1. The van der Waals surface area contributed by atoms with Gasteiger partial charge in [-0.2, -0.15) is 0 Å². The molecule has 0 bridgehead atoms. The van der Waals surface area contributed by atoms with E-state index >= 15 is 0 Å². The normalized spacial score (nSPS) is 22.6. The average molecular weight is 287 g/mol. The van der Waals surface area contributed by atoms with Crippen molar-refractivity contribution < 1.29 is 24.6 Å². The molecule has 0 radical (unpaired) electrons. The highest BCUT2D eigenvalue weighted by atomic mass is 16.4. The largest absolute Gasteiger partial charge is 0.480 e. The van der Waals surface area contributed by atoms with Crippen LogP contribution in [0.5, 0.6) is 0 Å². The Morgan fingerprint density at radius 1 is 1.15 bits per heavy atom. The Labute approximate surface area is 116 Å². The first kappa shape index (κ1) is 16.2. The number of rotatable bonds is 5. The highest BCUT2D eigenvalue weighted by molar-refractivity contribution is 5.86. The predicted octanol–water partition coefficient (Wildman–Crippen LogP) is -0.738. The van der Waals surface area contributed by atoms with Crippen LogP contribution < -0.4 is 11.1 Å². The summed E-state index contributed by atoms with van der Waals surface area (Å²) in [4.78, 5) is 34.3. The molecule has 1 rings (SSSR count). The van der Waals surface area contributed by atoms with Gasteiger partial charge >= 0.3 is 12.0 Å². The van der Waals surface area contributed by atoms with Gasteiger partial charge in [0, 0.05) is 0 Å². The maximum absolute atomic E-state index is 12.0. The monoisotopic (exact) mass is 287 g/mol. The lowest BCUT2D eigenvalue weighted by Gasteiger charge is -2.26. The number of aliphatic hydroxyl groups excluding tert-OH is 1. The molecule has 0 aliphatic heterocycles. The molecule has 114 valence electrons. The van der Waals surface area contributed by atoms with Gasteiger partial charge < -0.3 is 26.2 Å². The molecule has 3 amide bonds. The van der Waals surface area contributed by atoms with Crippen molar-refractivity contribution in [2.75, 3.05) is 13.1 Å². The number of aliphatic hydroxyl groups is 1. The molecule has 0 aromatic rings. The number of hydrogen-bond donors (Lipinski definition) is 4. The Kier molecular flexibility index (Phi) is 6.23. The Morgan fingerprint density at radius 2 is 1.80 bits per heavy atom. The van der Waals surface area contributed by atoms with Crippen molar-refractivity contribution in [2.24, 2.45) is 5.73 Å². The molecule has 1 aliphatic rings. The maximum atomic E-state index is 12.0. The first-order valence-corrected chi connectivity index (χ1v) is 6.63. The lowest BCUT2D eigenvalue weighted by atomic mass is 10.1. The van der Waals surface area contributed by atoms with E-state index < -0.39 is 43.1 Å². The highest BCUT2D eigenvalue weighted by Gasteiger charge is 2.26. The van der Waals surface area contributed by atoms with E-state index in [0.717, 1.165) is 24.2 Å². The van der Waals surface area contributed by atoms with Gasteiger partial charge in [-0.05, 0) is 12.8 Å². The number of carbonyl (C=O) groups is 3. The fourth-order valence-corrected chi connectivity index (χ4v) is 2.26. The third-order valence-corrected chi connectivity index (χ3v) is 3.25. The van der Waals surface area contributed by atoms with Crippen molar-refractivity contribution in [1.29, 1.82) is 0 Å². The molecule has 0 saturated heterocycles. The smallest absolute Gasteiger partial charge is 0.323 e. The Bertz CT molecular complexity index is 358. The fourth-order valence-electron chi connectivity index (χ4n) is 2.26. The molecule has 2 unspecified atom stereocenters. The van der Waals surface area contributed by atoms with Crippen LogP contribution in [0.2, 0.25) is 0 Å². The topological polar surface area (TPSA) is 133 Å². The summed E-state index contributed by atoms with van der Waals surface area (Å²) in [5.74, 6) is -2.02. The summed E-state index contributed by atoms with van der Waals surface area (Å²) in [5, 5.41) is 21.2. The standard InChI is InChI=1S/C12H21N3O5/c13-10(17)6-15(7-11(18)19)12(20)14-8-4-2-1-3-5-9(8)16/h8-9,16H,1-7H2,(H2,13,17)(H,14,20)(H,18,19). The molecule has 0 spiro atoms. The molecular formula is C12H21N3O5. The van der Waals surface area contributed by atoms with Gasteiger partial charge in [0.15, 0.2) is 0 Å². The number of carboxylic acid groups (broad SMARTS) is 1. The summed E-state index contributed by atoms with van der Waals surface area (Å²) in [6, 6.07) is -1.12. The lowest BCUT2D eigenvalue weighted by Crippen LogP contribution is -2.52. The number of nitrogens with two attached hydrogens (primary N) is 1. The molecule has 8 heteroatoms. The van der Waals surface area contributed by atoms with Crippen LogP contribution in [0.15, 0.2) is 0 Å². The van der Waals surface area contributed by atoms with Gasteiger partial charge in [-0.1, -0.05) is 19.3 Å². The van der Waals surface area contributed by atoms with E-state index in [0.29, 0.717) is 12.8 Å². The van der Waals surface area contributed by atoms with Gasteiger partial charge in [0.25, 0.3) is 0 Å². The molecule has 1 aliphatic carbocycles. The van der Waals surface area contributed by atoms with Gasteiger partial charge in [0.2, 0.25) is 5.91 Å². The minimum absolute atomic E-state index is 0.422. The van der Waals surface area contributed by atoms with E-state index in [4.69, 9.17) is 10.8 Å². The van der Waals surface area contributed by atoms with Gasteiger partial charge in [0.05, 0.1) is 12.1 Å². The first-order chi connectivity index (χ1) is 9.40. The molecule has 1 fully saturated rings. The molecule has 0 aromatic carbocycles. The fraction of sp³-hybridized carbons (Fsp3) is 0.750. The summed E-state index contributed by atoms with van der Waals surface area (Å²) < 4.78 is 0. The van der Waals surface area contributed by atoms with Crippen molar-refractivity contribution in [1.82, 2.24) is 10.2 Å². The van der Waals surface area contributed by atoms with Crippen molar-refractivity contribution in [2.45, 2.75) is 44.2 Å². The number of carboxylic acids is 1. The number of urea groups is 1. The molecule has 0 aromatic heterocycles. The van der Waals surface area contributed by atoms with E-state index in [1.807, 2.05) is 0 Å². The van der Waals surface area contributed by atoms with Gasteiger partial charge in [-0.25, -0.2) is 4.79 Å². The van der Waals surface area contributed by atoms with E-state index in [2.05, 4.69) is 5.32 Å². The summed E-state index contributed by atoms with van der Waals surface area (Å²) in [6.45, 7) is -1.08. The Balaban J connectivity index is 2.63. The number of nitrogens with one attached hydrogen (secondary N) is 1. The first-order valence-electron chi connectivity index (χ1n) is 6.63. The number of carbonyl (C=O) groups excluding carboxylic acids is 2. The molecule has 0 heterocycles. The SMILES string of the molecule is NC(=O)CN(CC(=O)O)C(=O)NC1CCCCCC1O. The van der Waals surface area contributed by atoms with Crippen LogP contribution in [0.4, 0.5) is 4.79 Å². The van der Waals surface area contributed by atoms with Crippen molar-refractivity contribution in [3.8, 4) is 0 Å². The predicted molar refractivity (Wildman–Crippen MR) is 69.8 cm³/mol. The van der Waals surface area contributed by atoms with Crippen molar-refractivity contribution in [3.63, 3.8) is 0 Å². The Hall–Kier alpha value is -1.83. The molecule has 20 heavy (non-hydrogen) atoms. The molecular weight excluding hydrogens is 266 g/mol. The minimum atomic E-state index is -1.23. The maximum Gasteiger partial charge on any atom is 0.323 e. The van der Waals surface area contributed by atoms with E-state index in [1.165, 1.54) is 0 Å². The minimum Gasteiger partial charge on any atom is -0.480 e. The zero-order valence-corrected chi connectivity index (χ0v) is 11.2. The molecule has 5 N–H and O–H groups in total. The highest BCUT2D eigenvalue weighted by Crippen LogP contribution is 2.18. The van der Waals surface area contributed by atoms with Crippen LogP contribution in [0, 0.1) is 0 Å². The zero-order valence-electron chi connectivity index (χ0n) is 11.2. The zero-order chi connectivity index (χ0) is 15.1. The van der Waals surface area contributed by atoms with E-state index in [9.17, 15) is 19.5 Å². The number of hydrogen-bond acceptors (Lipinski definition) is 4. The summed E-state index contributed by atoms with van der Waals surface area (Å²) in [5.41, 5.74) is 4.99. The van der Waals surface area contributed by atoms with Crippen LogP contribution in [0.1, 0.15) is 32.1 Å². The third kappa shape index (κ3) is 5.43. The van der Waals surface area contributed by atoms with E-state index in [-0.39, 0.29) is 0 Å². The summed E-state index contributed by atoms with van der Waals surface area (Å²) >= 11 is 0. The number of primary amides is 1. The lowest BCUT2D eigenvalue weighted by molar-refractivity contribution is -0.137. The summed E-state index contributed by atoms with van der Waals surface area (Å²) in [7, 11) is 0.